The molecule has 0 aromatic heterocycles. The molecule has 0 saturated carbocycles. The fourth-order valence-electron chi connectivity index (χ4n) is 0.990. The summed E-state index contributed by atoms with van der Waals surface area (Å²) in [5, 5.41) is 1.05. The molecule has 0 aromatic rings. The molecule has 0 amide bonds. The quantitative estimate of drug-likeness (QED) is 0.578. The minimum atomic E-state index is -2.94. The zero-order valence-corrected chi connectivity index (χ0v) is 8.57. The molecule has 0 fully saturated rings. The van der Waals surface area contributed by atoms with E-state index in [1.54, 1.807) is 0 Å². The maximum absolute atomic E-state index is 10.9. The van der Waals surface area contributed by atoms with Gasteiger partial charge in [0.05, 0.1) is 5.75 Å². The van der Waals surface area contributed by atoms with Crippen LogP contribution in [-0.2, 0) is 9.84 Å². The number of rotatable bonds is 7. The van der Waals surface area contributed by atoms with Crippen LogP contribution in [0.4, 0.5) is 0 Å². The third-order valence-electron chi connectivity index (χ3n) is 1.79. The minimum absolute atomic E-state index is 0.264. The Morgan fingerprint density at radius 3 is 2.25 bits per heavy atom. The maximum atomic E-state index is 10.9. The van der Waals surface area contributed by atoms with Gasteiger partial charge >= 0.3 is 0 Å². The Bertz CT molecular complexity index is 205. The van der Waals surface area contributed by atoms with Crippen molar-refractivity contribution in [3.8, 4) is 0 Å². The van der Waals surface area contributed by atoms with Crippen LogP contribution in [0.3, 0.4) is 0 Å². The molecule has 0 radical (unpaired) electrons. The molecule has 0 aliphatic rings. The van der Waals surface area contributed by atoms with Gasteiger partial charge in [0.2, 0.25) is 0 Å². The normalized spacial score (nSPS) is 11.4. The Morgan fingerprint density at radius 2 is 1.75 bits per heavy atom. The summed E-state index contributed by atoms with van der Waals surface area (Å²) in [5.41, 5.74) is 0. The summed E-state index contributed by atoms with van der Waals surface area (Å²) in [7, 11) is -2.94. The fraction of sp³-hybridized carbons (Fsp3) is 0.778. The van der Waals surface area contributed by atoms with Crippen LogP contribution in [0.1, 0.15) is 39.0 Å². The zero-order valence-electron chi connectivity index (χ0n) is 7.75. The van der Waals surface area contributed by atoms with E-state index in [0.717, 1.165) is 24.7 Å². The Labute approximate surface area is 75.6 Å². The Hall–Kier alpha value is -0.310. The van der Waals surface area contributed by atoms with Crippen molar-refractivity contribution in [2.75, 3.05) is 5.75 Å². The fourth-order valence-corrected chi connectivity index (χ4v) is 1.76. The van der Waals surface area contributed by atoms with Gasteiger partial charge in [-0.2, -0.15) is 0 Å². The lowest BCUT2D eigenvalue weighted by Crippen LogP contribution is -2.01. The van der Waals surface area contributed by atoms with E-state index < -0.39 is 9.84 Å². The highest BCUT2D eigenvalue weighted by molar-refractivity contribution is 7.94. The third-order valence-corrected chi connectivity index (χ3v) is 3.15. The molecule has 0 saturated heterocycles. The lowest BCUT2D eigenvalue weighted by atomic mass is 10.2. The Morgan fingerprint density at radius 1 is 1.17 bits per heavy atom. The highest BCUT2D eigenvalue weighted by atomic mass is 32.2. The molecule has 0 atom stereocenters. The molecular formula is C9H18O2S. The van der Waals surface area contributed by atoms with Crippen LogP contribution in [0.2, 0.25) is 0 Å². The van der Waals surface area contributed by atoms with E-state index in [1.165, 1.54) is 12.8 Å². The van der Waals surface area contributed by atoms with Gasteiger partial charge in [0, 0.05) is 5.41 Å². The van der Waals surface area contributed by atoms with Crippen LogP contribution < -0.4 is 0 Å². The van der Waals surface area contributed by atoms with Crippen LogP contribution >= 0.6 is 0 Å². The van der Waals surface area contributed by atoms with Crippen molar-refractivity contribution in [3.63, 3.8) is 0 Å². The minimum Gasteiger partial charge on any atom is -0.224 e. The van der Waals surface area contributed by atoms with Gasteiger partial charge in [-0.3, -0.25) is 0 Å². The average Bonchev–Trinajstić information content (AvgIpc) is 2.04. The molecule has 3 heteroatoms. The zero-order chi connectivity index (χ0) is 9.45. The smallest absolute Gasteiger partial charge is 0.171 e. The maximum Gasteiger partial charge on any atom is 0.171 e. The highest BCUT2D eigenvalue weighted by Gasteiger charge is 2.02. The molecule has 0 unspecified atom stereocenters. The molecule has 12 heavy (non-hydrogen) atoms. The number of hydrogen-bond donors (Lipinski definition) is 0. The first-order valence-electron chi connectivity index (χ1n) is 4.47. The molecule has 0 rings (SSSR count). The van der Waals surface area contributed by atoms with Crippen molar-refractivity contribution in [1.82, 2.24) is 0 Å². The van der Waals surface area contributed by atoms with Crippen molar-refractivity contribution in [1.29, 1.82) is 0 Å². The molecule has 72 valence electrons. The van der Waals surface area contributed by atoms with Crippen molar-refractivity contribution < 1.29 is 8.42 Å². The summed E-state index contributed by atoms with van der Waals surface area (Å²) in [6, 6.07) is 0. The van der Waals surface area contributed by atoms with Gasteiger partial charge in [0.25, 0.3) is 0 Å². The van der Waals surface area contributed by atoms with Gasteiger partial charge in [-0.1, -0.05) is 39.2 Å². The second-order valence-corrected chi connectivity index (χ2v) is 5.02. The van der Waals surface area contributed by atoms with Crippen LogP contribution in [0.25, 0.3) is 0 Å². The molecule has 0 spiro atoms. The van der Waals surface area contributed by atoms with Crippen molar-refractivity contribution >= 4 is 9.84 Å². The van der Waals surface area contributed by atoms with E-state index in [9.17, 15) is 8.42 Å². The SMILES string of the molecule is C=CS(=O)(=O)CCCCCCC. The highest BCUT2D eigenvalue weighted by Crippen LogP contribution is 2.04. The summed E-state index contributed by atoms with van der Waals surface area (Å²) in [6.45, 7) is 5.40. The molecule has 0 heterocycles. The summed E-state index contributed by atoms with van der Waals surface area (Å²) < 4.78 is 21.8. The Kier molecular flexibility index (Phi) is 6.07. The van der Waals surface area contributed by atoms with E-state index in [0.29, 0.717) is 0 Å². The number of unbranched alkanes of at least 4 members (excludes halogenated alkanes) is 4. The first-order chi connectivity index (χ1) is 5.62. The molecule has 0 N–H and O–H groups in total. The van der Waals surface area contributed by atoms with Gasteiger partial charge in [-0.15, -0.1) is 0 Å². The van der Waals surface area contributed by atoms with E-state index in [-0.39, 0.29) is 5.75 Å². The largest absolute Gasteiger partial charge is 0.224 e. The molecule has 0 bridgehead atoms. The lowest BCUT2D eigenvalue weighted by molar-refractivity contribution is 0.595. The first kappa shape index (κ1) is 11.7. The van der Waals surface area contributed by atoms with Crippen LogP contribution in [0.5, 0.6) is 0 Å². The second-order valence-electron chi connectivity index (χ2n) is 2.95. The molecule has 0 aliphatic carbocycles. The number of sulfone groups is 1. The average molecular weight is 190 g/mol. The van der Waals surface area contributed by atoms with Crippen molar-refractivity contribution in [2.24, 2.45) is 0 Å². The van der Waals surface area contributed by atoms with Crippen LogP contribution in [-0.4, -0.2) is 14.2 Å². The first-order valence-corrected chi connectivity index (χ1v) is 6.19. The van der Waals surface area contributed by atoms with E-state index in [4.69, 9.17) is 0 Å². The second kappa shape index (κ2) is 6.23. The van der Waals surface area contributed by atoms with Gasteiger partial charge < -0.3 is 0 Å². The summed E-state index contributed by atoms with van der Waals surface area (Å²) in [5.74, 6) is 0.264. The standard InChI is InChI=1S/C9H18O2S/c1-3-5-6-7-8-9-12(10,11)4-2/h4H,2-3,5-9H2,1H3. The summed E-state index contributed by atoms with van der Waals surface area (Å²) in [6.07, 6.45) is 5.32. The summed E-state index contributed by atoms with van der Waals surface area (Å²) in [4.78, 5) is 0. The molecular weight excluding hydrogens is 172 g/mol. The predicted molar refractivity (Wildman–Crippen MR) is 52.7 cm³/mol. The molecule has 2 nitrogen and oxygen atoms in total. The van der Waals surface area contributed by atoms with E-state index in [2.05, 4.69) is 13.5 Å². The van der Waals surface area contributed by atoms with Gasteiger partial charge in [0.15, 0.2) is 9.84 Å². The van der Waals surface area contributed by atoms with E-state index in [1.807, 2.05) is 0 Å². The van der Waals surface area contributed by atoms with Gasteiger partial charge in [0.1, 0.15) is 0 Å². The Balaban J connectivity index is 3.38. The van der Waals surface area contributed by atoms with Gasteiger partial charge in [-0.25, -0.2) is 8.42 Å². The predicted octanol–water partition coefficient (Wildman–Crippen LogP) is 2.52. The molecule has 0 aromatic carbocycles. The van der Waals surface area contributed by atoms with Crippen LogP contribution in [0.15, 0.2) is 12.0 Å². The van der Waals surface area contributed by atoms with Crippen molar-refractivity contribution in [2.45, 2.75) is 39.0 Å². The van der Waals surface area contributed by atoms with Gasteiger partial charge in [-0.05, 0) is 6.42 Å². The monoisotopic (exact) mass is 190 g/mol. The summed E-state index contributed by atoms with van der Waals surface area (Å²) >= 11 is 0. The third kappa shape index (κ3) is 6.40. The molecule has 0 aliphatic heterocycles. The van der Waals surface area contributed by atoms with Crippen molar-refractivity contribution in [3.05, 3.63) is 12.0 Å². The number of hydrogen-bond acceptors (Lipinski definition) is 2. The lowest BCUT2D eigenvalue weighted by Gasteiger charge is -1.98. The van der Waals surface area contributed by atoms with Crippen LogP contribution in [0, 0.1) is 0 Å². The topological polar surface area (TPSA) is 34.1 Å². The van der Waals surface area contributed by atoms with E-state index >= 15 is 0 Å².